The van der Waals surface area contributed by atoms with E-state index in [0.29, 0.717) is 62.2 Å². The summed E-state index contributed by atoms with van der Waals surface area (Å²) in [5.74, 6) is -1.98. The predicted molar refractivity (Wildman–Crippen MR) is 477 cm³/mol. The van der Waals surface area contributed by atoms with E-state index in [0.717, 1.165) is 166 Å². The fourth-order valence-electron chi connectivity index (χ4n) is 17.7. The number of aryl methyl sites for hydroxylation is 1. The monoisotopic (exact) mass is 1900 g/mol. The van der Waals surface area contributed by atoms with Crippen LogP contribution in [0.25, 0.3) is 54.5 Å². The number of methoxy groups -OCH3 is 2. The fourth-order valence-corrected chi connectivity index (χ4v) is 19.7. The number of ether oxygens (including phenoxy) is 4. The van der Waals surface area contributed by atoms with Gasteiger partial charge in [-0.25, -0.2) is 27.2 Å². The van der Waals surface area contributed by atoms with Gasteiger partial charge in [-0.15, -0.1) is 0 Å². The van der Waals surface area contributed by atoms with E-state index >= 15 is 0 Å². The molecule has 28 heteroatoms. The van der Waals surface area contributed by atoms with Crippen LogP contribution in [0, 0.1) is 30.2 Å². The van der Waals surface area contributed by atoms with Gasteiger partial charge in [0.05, 0.1) is 32.3 Å². The number of carbonyl (C=O) groups excluding carboxylic acids is 3. The average Bonchev–Trinajstić information content (AvgIpc) is 1.42. The van der Waals surface area contributed by atoms with Crippen LogP contribution in [0.5, 0.6) is 11.5 Å². The Bertz CT molecular complexity index is 6580. The fraction of sp³-hybridized carbons (Fsp3) is 0.215. The quantitative estimate of drug-likeness (QED) is 0.0819. The summed E-state index contributed by atoms with van der Waals surface area (Å²) in [6.07, 6.45) is 3.19. The summed E-state index contributed by atoms with van der Waals surface area (Å²) in [5, 5.41) is 15.2. The van der Waals surface area contributed by atoms with E-state index in [-0.39, 0.29) is 43.0 Å². The topological polar surface area (TPSA) is 201 Å². The molecular weight excluding hydrogens is 1830 g/mol. The lowest BCUT2D eigenvalue weighted by Crippen LogP contribution is -2.40. The lowest BCUT2D eigenvalue weighted by Gasteiger charge is -2.35. The van der Waals surface area contributed by atoms with Crippen LogP contribution in [0.15, 0.2) is 201 Å². The molecule has 3 amide bonds. The molecule has 5 aromatic heterocycles. The highest BCUT2D eigenvalue weighted by atomic mass is 79.9. The molecule has 0 fully saturated rings. The second kappa shape index (κ2) is 34.9. The van der Waals surface area contributed by atoms with Crippen LogP contribution in [0.2, 0.25) is 20.1 Å². The lowest BCUT2D eigenvalue weighted by atomic mass is 9.92. The summed E-state index contributed by atoms with van der Waals surface area (Å²) in [6.45, 7) is 7.30. The summed E-state index contributed by atoms with van der Waals surface area (Å²) in [7, 11) is 2.70. The summed E-state index contributed by atoms with van der Waals surface area (Å²) in [4.78, 5) is 59.5. The van der Waals surface area contributed by atoms with Gasteiger partial charge in [-0.3, -0.25) is 14.6 Å². The third kappa shape index (κ3) is 16.4. The van der Waals surface area contributed by atoms with Gasteiger partial charge in [0.2, 0.25) is 12.7 Å². The number of nitrogens with zero attached hydrogens (tertiary/aromatic N) is 3. The molecule has 6 aliphatic heterocycles. The molecular formula is C93H77Br3Cl4F4N10O7. The number of nitrogens with one attached hydrogen (secondary N) is 7. The number of aromatic amines is 5. The normalized spacial score (nSPS) is 17.4. The highest BCUT2D eigenvalue weighted by Gasteiger charge is 2.40. The van der Waals surface area contributed by atoms with E-state index in [2.05, 4.69) is 151 Å². The van der Waals surface area contributed by atoms with Gasteiger partial charge in [0, 0.05) is 162 Å². The van der Waals surface area contributed by atoms with Gasteiger partial charge in [0.1, 0.15) is 12.1 Å². The summed E-state index contributed by atoms with van der Waals surface area (Å²) >= 11 is 35.4. The third-order valence-electron chi connectivity index (χ3n) is 23.2. The second-order valence-corrected chi connectivity index (χ2v) is 34.8. The first-order valence-electron chi connectivity index (χ1n) is 39.2. The molecule has 10 aromatic carbocycles. The van der Waals surface area contributed by atoms with Crippen molar-refractivity contribution in [2.24, 2.45) is 0 Å². The Morgan fingerprint density at radius 2 is 0.826 bits per heavy atom. The summed E-state index contributed by atoms with van der Waals surface area (Å²) < 4.78 is 79.0. The first kappa shape index (κ1) is 83.0. The molecule has 21 rings (SSSR count). The molecule has 0 saturated carbocycles. The molecule has 5 atom stereocenters. The zero-order valence-electron chi connectivity index (χ0n) is 65.4. The van der Waals surface area contributed by atoms with E-state index in [9.17, 15) is 31.9 Å². The number of amides is 3. The van der Waals surface area contributed by atoms with Crippen molar-refractivity contribution >= 4 is 167 Å². The molecule has 121 heavy (non-hydrogen) atoms. The van der Waals surface area contributed by atoms with E-state index in [1.807, 2.05) is 83.8 Å². The Morgan fingerprint density at radius 3 is 1.31 bits per heavy atom. The SMILES string of the molecule is CC(=O)N1CCc2c([nH]c3ccc(Br)cc23)C1c1ccc(C)cc1.COC(=O)N1CCc2c([nH]c3ccc(Cl)cc23)C1c1ccc(F)c(F)c1.COC(=O)N1CCc2c([nH]c3ccc(Cl)cc23)C1c1ccc2c(c1)OCO2.Clc1ccc(C2NCCc3c2[nH]c2ccc(Br)cc32)c(Cl)c1.Fc1cccc(C2NCCc3c2[nH]c2ccc(Br)cc32)c1F. The minimum atomic E-state index is -0.960. The van der Waals surface area contributed by atoms with E-state index in [1.54, 1.807) is 36.1 Å². The molecule has 5 unspecified atom stereocenters. The van der Waals surface area contributed by atoms with Crippen molar-refractivity contribution in [2.45, 2.75) is 76.2 Å². The molecule has 15 aromatic rings. The van der Waals surface area contributed by atoms with Crippen molar-refractivity contribution < 1.29 is 50.9 Å². The highest BCUT2D eigenvalue weighted by molar-refractivity contribution is 9.11. The number of hydrogen-bond donors (Lipinski definition) is 7. The molecule has 11 heterocycles. The first-order chi connectivity index (χ1) is 58.5. The van der Waals surface area contributed by atoms with Crippen LogP contribution in [-0.4, -0.2) is 111 Å². The van der Waals surface area contributed by atoms with Gasteiger partial charge in [0.25, 0.3) is 0 Å². The van der Waals surface area contributed by atoms with Crippen LogP contribution < -0.4 is 20.1 Å². The minimum absolute atomic E-state index is 0.0435. The maximum Gasteiger partial charge on any atom is 0.410 e. The van der Waals surface area contributed by atoms with E-state index in [1.165, 1.54) is 69.5 Å². The lowest BCUT2D eigenvalue weighted by molar-refractivity contribution is -0.130. The number of carbonyl (C=O) groups is 3. The zero-order valence-corrected chi connectivity index (χ0v) is 73.2. The van der Waals surface area contributed by atoms with Crippen molar-refractivity contribution in [3.05, 3.63) is 335 Å². The van der Waals surface area contributed by atoms with Crippen molar-refractivity contribution in [2.75, 3.05) is 53.7 Å². The van der Waals surface area contributed by atoms with Crippen LogP contribution >= 0.6 is 94.2 Å². The first-order valence-corrected chi connectivity index (χ1v) is 43.1. The average molecular weight is 1900 g/mol. The van der Waals surface area contributed by atoms with Gasteiger partial charge in [0.15, 0.2) is 34.8 Å². The van der Waals surface area contributed by atoms with Gasteiger partial charge in [-0.05, 0) is 223 Å². The Morgan fingerprint density at radius 1 is 0.413 bits per heavy atom. The molecule has 0 radical (unpaired) electrons. The maximum atomic E-state index is 14.2. The molecule has 0 aliphatic carbocycles. The van der Waals surface area contributed by atoms with Gasteiger partial charge in [-0.1, -0.05) is 154 Å². The Hall–Kier alpha value is -10.3. The van der Waals surface area contributed by atoms with Crippen LogP contribution in [0.3, 0.4) is 0 Å². The van der Waals surface area contributed by atoms with Crippen molar-refractivity contribution in [3.63, 3.8) is 0 Å². The second-order valence-electron chi connectivity index (χ2n) is 30.3. The number of hydrogen-bond acceptors (Lipinski definition) is 9. The van der Waals surface area contributed by atoms with Gasteiger partial charge >= 0.3 is 12.2 Å². The predicted octanol–water partition coefficient (Wildman–Crippen LogP) is 23.7. The van der Waals surface area contributed by atoms with Crippen LogP contribution in [-0.2, 0) is 46.4 Å². The molecule has 618 valence electrons. The summed E-state index contributed by atoms with van der Waals surface area (Å²) in [5.41, 5.74) is 21.4. The summed E-state index contributed by atoms with van der Waals surface area (Å²) in [6, 6.07) is 56.7. The van der Waals surface area contributed by atoms with Crippen LogP contribution in [0.4, 0.5) is 27.2 Å². The zero-order chi connectivity index (χ0) is 84.3. The molecule has 6 aliphatic rings. The Balaban J connectivity index is 0.000000108. The van der Waals surface area contributed by atoms with Crippen molar-refractivity contribution in [1.82, 2.24) is 50.3 Å². The minimum Gasteiger partial charge on any atom is -0.454 e. The van der Waals surface area contributed by atoms with Gasteiger partial charge < -0.3 is 59.4 Å². The molecule has 0 saturated heterocycles. The largest absolute Gasteiger partial charge is 0.454 e. The molecule has 0 bridgehead atoms. The van der Waals surface area contributed by atoms with Gasteiger partial charge in [-0.2, -0.15) is 0 Å². The van der Waals surface area contributed by atoms with E-state index in [4.69, 9.17) is 65.4 Å². The number of aromatic nitrogens is 5. The molecule has 7 N–H and O–H groups in total. The van der Waals surface area contributed by atoms with Crippen LogP contribution in [0.1, 0.15) is 127 Å². The number of halogens is 11. The number of benzene rings is 10. The standard InChI is InChI=1S/C20H19BrN2O.C20H17ClN2O4.C19H15ClF2N2O2.C17H13BrCl2N2.C17H13BrF2N2/c1-12-3-5-14(6-4-12)20-19-16(9-10-23(20)13(2)24)17-11-15(21)7-8-18(17)22-19;1-25-20(24)23-7-6-13-14-9-12(21)3-4-15(14)22-18(13)19(23)11-2-5-16-17(8-11)27-10-26-16;1-26-19(25)24-7-6-12-13-9-11(20)3-5-16(13)23-17(12)18(24)10-2-4-14(21)15(22)8-10;18-9-1-4-15-13(7-9)11-5-6-21-16(17(11)22-15)12-3-2-10(19)8-14(12)20;18-9-4-5-14-12(8-9)10-6-7-21-16(17(10)22-14)11-2-1-3-13(19)15(11)20/h3-8,11,20,22H,9-10H2,1-2H3;2-5,8-9,19,22H,6-7,10H2,1H3;2-5,8-9,18,23H,6-7H2,1H3;1-4,7-8,16,21-22H,5-6H2;1-5,8,16,21-22H,6-7H2. The Labute approximate surface area is 738 Å². The Kier molecular flexibility index (Phi) is 24.0. The maximum absolute atomic E-state index is 14.2. The highest BCUT2D eigenvalue weighted by Crippen LogP contribution is 2.47. The smallest absolute Gasteiger partial charge is 0.410 e. The van der Waals surface area contributed by atoms with E-state index < -0.39 is 35.4 Å². The molecule has 17 nitrogen and oxygen atoms in total. The number of rotatable bonds is 5. The van der Waals surface area contributed by atoms with Crippen molar-refractivity contribution in [1.29, 1.82) is 0 Å². The molecule has 0 spiro atoms. The third-order valence-corrected chi connectivity index (χ3v) is 25.8. The number of H-pyrrole nitrogens is 5. The number of fused-ring (bicyclic) bond motifs is 16. The van der Waals surface area contributed by atoms with Crippen molar-refractivity contribution in [3.8, 4) is 11.5 Å².